The summed E-state index contributed by atoms with van der Waals surface area (Å²) in [6.45, 7) is 11.0. The summed E-state index contributed by atoms with van der Waals surface area (Å²) in [6.07, 6.45) is 3.99. The zero-order valence-electron chi connectivity index (χ0n) is 11.2. The molecule has 0 bridgehead atoms. The van der Waals surface area contributed by atoms with E-state index in [-0.39, 0.29) is 0 Å². The van der Waals surface area contributed by atoms with E-state index in [0.717, 1.165) is 25.0 Å². The van der Waals surface area contributed by atoms with Gasteiger partial charge in [0.2, 0.25) is 0 Å². The summed E-state index contributed by atoms with van der Waals surface area (Å²) in [5.41, 5.74) is 0. The van der Waals surface area contributed by atoms with E-state index in [1.807, 2.05) is 0 Å². The summed E-state index contributed by atoms with van der Waals surface area (Å²) >= 11 is 0. The Balaban J connectivity index is 3.62. The molecule has 0 aliphatic carbocycles. The van der Waals surface area contributed by atoms with Gasteiger partial charge in [0, 0.05) is 19.7 Å². The number of ether oxygens (including phenoxy) is 1. The third kappa shape index (κ3) is 7.80. The van der Waals surface area contributed by atoms with Gasteiger partial charge in [-0.25, -0.2) is 0 Å². The summed E-state index contributed by atoms with van der Waals surface area (Å²) in [5.74, 6) is 1.61. The molecule has 0 saturated carbocycles. The highest BCUT2D eigenvalue weighted by Crippen LogP contribution is 2.18. The van der Waals surface area contributed by atoms with Crippen LogP contribution in [-0.4, -0.2) is 26.3 Å². The summed E-state index contributed by atoms with van der Waals surface area (Å²) in [4.78, 5) is 0. The van der Waals surface area contributed by atoms with Crippen LogP contribution in [0.25, 0.3) is 0 Å². The summed E-state index contributed by atoms with van der Waals surface area (Å²) in [7, 11) is 1.75. The van der Waals surface area contributed by atoms with Crippen molar-refractivity contribution in [2.45, 2.75) is 53.0 Å². The van der Waals surface area contributed by atoms with Crippen LogP contribution in [0.4, 0.5) is 0 Å². The molecule has 0 spiro atoms. The van der Waals surface area contributed by atoms with Crippen molar-refractivity contribution in [1.82, 2.24) is 5.32 Å². The molecule has 0 aromatic carbocycles. The van der Waals surface area contributed by atoms with E-state index in [1.54, 1.807) is 7.11 Å². The molecule has 0 aliphatic heterocycles. The first-order valence-electron chi connectivity index (χ1n) is 6.34. The summed E-state index contributed by atoms with van der Waals surface area (Å²) in [6, 6.07) is 0.597. The number of methoxy groups -OCH3 is 1. The molecule has 2 nitrogen and oxygen atoms in total. The largest absolute Gasteiger partial charge is 0.383 e. The van der Waals surface area contributed by atoms with Gasteiger partial charge in [0.15, 0.2) is 0 Å². The molecule has 2 heteroatoms. The van der Waals surface area contributed by atoms with Crippen LogP contribution in [0, 0.1) is 11.8 Å². The molecular weight excluding hydrogens is 186 g/mol. The first-order valence-corrected chi connectivity index (χ1v) is 6.34. The highest BCUT2D eigenvalue weighted by atomic mass is 16.5. The molecule has 1 N–H and O–H groups in total. The molecule has 0 rings (SSSR count). The van der Waals surface area contributed by atoms with Gasteiger partial charge in [-0.3, -0.25) is 0 Å². The number of rotatable bonds is 9. The monoisotopic (exact) mass is 215 g/mol. The van der Waals surface area contributed by atoms with Crippen LogP contribution >= 0.6 is 0 Å². The van der Waals surface area contributed by atoms with Crippen molar-refractivity contribution in [1.29, 1.82) is 0 Å². The van der Waals surface area contributed by atoms with Crippen LogP contribution in [0.5, 0.6) is 0 Å². The van der Waals surface area contributed by atoms with Gasteiger partial charge in [0.25, 0.3) is 0 Å². The fraction of sp³-hybridized carbons (Fsp3) is 1.00. The maximum absolute atomic E-state index is 5.03. The first-order chi connectivity index (χ1) is 7.11. The Hall–Kier alpha value is -0.0800. The van der Waals surface area contributed by atoms with E-state index >= 15 is 0 Å². The van der Waals surface area contributed by atoms with Crippen LogP contribution in [0.2, 0.25) is 0 Å². The second-order valence-corrected chi connectivity index (χ2v) is 4.84. The van der Waals surface area contributed by atoms with Crippen molar-refractivity contribution in [3.63, 3.8) is 0 Å². The molecule has 15 heavy (non-hydrogen) atoms. The summed E-state index contributed by atoms with van der Waals surface area (Å²) < 4.78 is 5.03. The first kappa shape index (κ1) is 14.9. The van der Waals surface area contributed by atoms with Gasteiger partial charge < -0.3 is 10.1 Å². The lowest BCUT2D eigenvalue weighted by atomic mass is 9.89. The van der Waals surface area contributed by atoms with E-state index in [9.17, 15) is 0 Å². The highest BCUT2D eigenvalue weighted by Gasteiger charge is 2.14. The van der Waals surface area contributed by atoms with Gasteiger partial charge in [-0.15, -0.1) is 0 Å². The topological polar surface area (TPSA) is 21.3 Å². The van der Waals surface area contributed by atoms with Gasteiger partial charge in [0.1, 0.15) is 0 Å². The average molecular weight is 215 g/mol. The van der Waals surface area contributed by atoms with Gasteiger partial charge in [0.05, 0.1) is 6.61 Å². The van der Waals surface area contributed by atoms with Crippen molar-refractivity contribution in [2.75, 3.05) is 20.3 Å². The molecule has 0 fully saturated rings. The summed E-state index contributed by atoms with van der Waals surface area (Å²) in [5, 5.41) is 3.51. The lowest BCUT2D eigenvalue weighted by Gasteiger charge is -2.24. The molecule has 0 aromatic rings. The zero-order chi connectivity index (χ0) is 11.7. The van der Waals surface area contributed by atoms with E-state index in [0.29, 0.717) is 6.04 Å². The molecule has 0 heterocycles. The van der Waals surface area contributed by atoms with Gasteiger partial charge in [-0.1, -0.05) is 33.6 Å². The number of hydrogen-bond donors (Lipinski definition) is 1. The van der Waals surface area contributed by atoms with Crippen molar-refractivity contribution in [3.8, 4) is 0 Å². The van der Waals surface area contributed by atoms with Gasteiger partial charge in [-0.2, -0.15) is 0 Å². The van der Waals surface area contributed by atoms with Crippen molar-refractivity contribution < 1.29 is 4.74 Å². The van der Waals surface area contributed by atoms with Crippen molar-refractivity contribution in [2.24, 2.45) is 11.8 Å². The Morgan fingerprint density at radius 3 is 2.40 bits per heavy atom. The third-order valence-corrected chi connectivity index (χ3v) is 3.18. The smallest absolute Gasteiger partial charge is 0.0587 e. The van der Waals surface area contributed by atoms with E-state index in [4.69, 9.17) is 4.74 Å². The van der Waals surface area contributed by atoms with Crippen LogP contribution < -0.4 is 5.32 Å². The Labute approximate surface area is 95.8 Å². The third-order valence-electron chi connectivity index (χ3n) is 3.18. The maximum Gasteiger partial charge on any atom is 0.0587 e. The normalized spacial score (nSPS) is 17.4. The molecule has 0 aromatic heterocycles. The quantitative estimate of drug-likeness (QED) is 0.597. The highest BCUT2D eigenvalue weighted by molar-refractivity contribution is 4.70. The number of nitrogens with one attached hydrogen (secondary N) is 1. The standard InChI is InChI=1S/C13H29NO/c1-6-7-11(2)10-12(3)13(4)14-8-9-15-5/h11-14H,6-10H2,1-5H3. The van der Waals surface area contributed by atoms with Crippen LogP contribution in [0.3, 0.4) is 0 Å². The Morgan fingerprint density at radius 1 is 1.20 bits per heavy atom. The molecule has 0 radical (unpaired) electrons. The van der Waals surface area contributed by atoms with E-state index < -0.39 is 0 Å². The molecule has 0 aliphatic rings. The fourth-order valence-corrected chi connectivity index (χ4v) is 2.04. The second kappa shape index (κ2) is 9.17. The van der Waals surface area contributed by atoms with Crippen molar-refractivity contribution >= 4 is 0 Å². The van der Waals surface area contributed by atoms with Crippen molar-refractivity contribution in [3.05, 3.63) is 0 Å². The lowest BCUT2D eigenvalue weighted by Crippen LogP contribution is -2.35. The molecular formula is C13H29NO. The molecule has 3 atom stereocenters. The maximum atomic E-state index is 5.03. The van der Waals surface area contributed by atoms with Crippen LogP contribution in [-0.2, 0) is 4.74 Å². The minimum atomic E-state index is 0.597. The predicted molar refractivity (Wildman–Crippen MR) is 67.2 cm³/mol. The molecule has 0 amide bonds. The Morgan fingerprint density at radius 2 is 1.87 bits per heavy atom. The molecule has 3 unspecified atom stereocenters. The Bertz CT molecular complexity index is 138. The van der Waals surface area contributed by atoms with Gasteiger partial charge >= 0.3 is 0 Å². The fourth-order valence-electron chi connectivity index (χ4n) is 2.04. The minimum absolute atomic E-state index is 0.597. The lowest BCUT2D eigenvalue weighted by molar-refractivity contribution is 0.190. The van der Waals surface area contributed by atoms with Gasteiger partial charge in [-0.05, 0) is 25.2 Å². The van der Waals surface area contributed by atoms with Crippen LogP contribution in [0.15, 0.2) is 0 Å². The molecule has 92 valence electrons. The Kier molecular flexibility index (Phi) is 9.12. The molecule has 0 saturated heterocycles. The predicted octanol–water partition coefficient (Wildman–Crippen LogP) is 3.07. The minimum Gasteiger partial charge on any atom is -0.383 e. The number of hydrogen-bond acceptors (Lipinski definition) is 2. The zero-order valence-corrected chi connectivity index (χ0v) is 11.2. The second-order valence-electron chi connectivity index (χ2n) is 4.84. The van der Waals surface area contributed by atoms with E-state index in [2.05, 4.69) is 33.0 Å². The SMILES string of the molecule is CCCC(C)CC(C)C(C)NCCOC. The van der Waals surface area contributed by atoms with Crippen LogP contribution in [0.1, 0.15) is 47.0 Å². The van der Waals surface area contributed by atoms with E-state index in [1.165, 1.54) is 19.3 Å². The average Bonchev–Trinajstić information content (AvgIpc) is 2.18.